The highest BCUT2D eigenvalue weighted by molar-refractivity contribution is 5.98. The predicted molar refractivity (Wildman–Crippen MR) is 131 cm³/mol. The Morgan fingerprint density at radius 2 is 1.79 bits per heavy atom. The second-order valence-corrected chi connectivity index (χ2v) is 9.90. The van der Waals surface area contributed by atoms with Gasteiger partial charge in [-0.3, -0.25) is 4.79 Å². The van der Waals surface area contributed by atoms with E-state index in [1.54, 1.807) is 10.6 Å². The number of hydrogen-bond donors (Lipinski definition) is 2. The van der Waals surface area contributed by atoms with Crippen LogP contribution in [-0.4, -0.2) is 15.8 Å². The Bertz CT molecular complexity index is 1260. The van der Waals surface area contributed by atoms with E-state index in [9.17, 15) is 20.0 Å². The fourth-order valence-electron chi connectivity index (χ4n) is 4.29. The molecule has 3 aromatic rings. The molecule has 0 spiro atoms. The van der Waals surface area contributed by atoms with Gasteiger partial charge in [0, 0.05) is 17.5 Å². The first kappa shape index (κ1) is 24.1. The molecule has 1 heterocycles. The number of amides is 1. The summed E-state index contributed by atoms with van der Waals surface area (Å²) in [5.74, 6) is 0.172. The van der Waals surface area contributed by atoms with E-state index in [-0.39, 0.29) is 17.9 Å². The van der Waals surface area contributed by atoms with E-state index >= 15 is 0 Å². The highest BCUT2D eigenvalue weighted by atomic mass is 16.4. The van der Waals surface area contributed by atoms with E-state index in [4.69, 9.17) is 0 Å². The summed E-state index contributed by atoms with van der Waals surface area (Å²) >= 11 is 0. The van der Waals surface area contributed by atoms with Crippen molar-refractivity contribution in [2.45, 2.75) is 53.6 Å². The number of benzene rings is 2. The quantitative estimate of drug-likeness (QED) is 0.505. The fourth-order valence-corrected chi connectivity index (χ4v) is 4.29. The van der Waals surface area contributed by atoms with Crippen LogP contribution in [0.3, 0.4) is 0 Å². The fraction of sp³-hybridized carbons (Fsp3) is 0.370. The number of carboxylic acid groups (broad SMARTS) is 1. The molecule has 0 bridgehead atoms. The van der Waals surface area contributed by atoms with Gasteiger partial charge >= 0.3 is 6.09 Å². The molecule has 0 radical (unpaired) electrons. The molecule has 33 heavy (non-hydrogen) atoms. The van der Waals surface area contributed by atoms with E-state index in [1.165, 1.54) is 0 Å². The number of hydrogen-bond acceptors (Lipinski definition) is 3. The molecule has 2 N–H and O–H groups in total. The number of pyridine rings is 1. The van der Waals surface area contributed by atoms with Gasteiger partial charge in [-0.05, 0) is 40.0 Å². The van der Waals surface area contributed by atoms with Crippen LogP contribution in [0.15, 0.2) is 53.3 Å². The molecule has 0 aliphatic rings. The average molecular weight is 446 g/mol. The molecule has 6 heteroatoms. The van der Waals surface area contributed by atoms with Gasteiger partial charge in [-0.25, -0.2) is 4.79 Å². The first-order chi connectivity index (χ1) is 15.5. The van der Waals surface area contributed by atoms with Gasteiger partial charge in [-0.15, -0.1) is 0 Å². The molecule has 0 aliphatic heterocycles. The second kappa shape index (κ2) is 9.50. The van der Waals surface area contributed by atoms with Gasteiger partial charge in [-0.2, -0.15) is 5.26 Å². The third kappa shape index (κ3) is 5.09. The lowest BCUT2D eigenvalue weighted by Crippen LogP contribution is -2.40. The first-order valence-corrected chi connectivity index (χ1v) is 11.2. The topological polar surface area (TPSA) is 95.1 Å². The van der Waals surface area contributed by atoms with Crippen molar-refractivity contribution in [3.8, 4) is 17.2 Å². The van der Waals surface area contributed by atoms with Crippen LogP contribution in [-0.2, 0) is 13.0 Å². The Kier molecular flexibility index (Phi) is 6.92. The lowest BCUT2D eigenvalue weighted by Gasteiger charge is -2.35. The molecular weight excluding hydrogens is 414 g/mol. The van der Waals surface area contributed by atoms with Gasteiger partial charge < -0.3 is 15.0 Å². The number of nitrogens with one attached hydrogen (secondary N) is 1. The summed E-state index contributed by atoms with van der Waals surface area (Å²) in [6.45, 7) is 10.4. The minimum absolute atomic E-state index is 0.154. The van der Waals surface area contributed by atoms with Crippen molar-refractivity contribution in [3.05, 3.63) is 70.1 Å². The van der Waals surface area contributed by atoms with Crippen LogP contribution in [0.2, 0.25) is 0 Å². The van der Waals surface area contributed by atoms with Crippen molar-refractivity contribution < 1.29 is 9.90 Å². The van der Waals surface area contributed by atoms with Crippen LogP contribution in [0.25, 0.3) is 21.9 Å². The van der Waals surface area contributed by atoms with Gasteiger partial charge in [0.05, 0.1) is 24.2 Å². The molecule has 2 aromatic carbocycles. The molecule has 0 fully saturated rings. The molecule has 1 unspecified atom stereocenters. The van der Waals surface area contributed by atoms with E-state index in [1.807, 2.05) is 77.1 Å². The summed E-state index contributed by atoms with van der Waals surface area (Å²) < 4.78 is 1.74. The summed E-state index contributed by atoms with van der Waals surface area (Å²) in [5.41, 5.74) is 2.51. The lowest BCUT2D eigenvalue weighted by molar-refractivity contribution is 0.172. The molecule has 1 amide bonds. The Balaban J connectivity index is 2.58. The Morgan fingerprint density at radius 1 is 1.12 bits per heavy atom. The van der Waals surface area contributed by atoms with Crippen molar-refractivity contribution in [1.29, 1.82) is 5.26 Å². The standard InChI is InChI=1S/C27H31N3O3/c1-17(2)16-30-23(24(27(3,4)5)29-26(32)33)22(19-9-7-6-8-10-19)21-15-18(13-14-28)11-12-20(21)25(30)31/h6-12,15,17,24,29H,13,16H2,1-5H3,(H,32,33). The number of carbonyl (C=O) groups is 1. The molecule has 172 valence electrons. The first-order valence-electron chi connectivity index (χ1n) is 11.2. The molecule has 0 saturated heterocycles. The van der Waals surface area contributed by atoms with E-state index in [0.29, 0.717) is 17.6 Å². The van der Waals surface area contributed by atoms with Gasteiger partial charge in [0.2, 0.25) is 0 Å². The minimum Gasteiger partial charge on any atom is -0.465 e. The van der Waals surface area contributed by atoms with E-state index in [2.05, 4.69) is 11.4 Å². The zero-order valence-electron chi connectivity index (χ0n) is 19.8. The van der Waals surface area contributed by atoms with Crippen LogP contribution in [0.1, 0.15) is 51.9 Å². The number of aromatic nitrogens is 1. The summed E-state index contributed by atoms with van der Waals surface area (Å²) in [4.78, 5) is 25.6. The molecule has 6 nitrogen and oxygen atoms in total. The van der Waals surface area contributed by atoms with Crippen LogP contribution < -0.4 is 10.9 Å². The van der Waals surface area contributed by atoms with Crippen LogP contribution in [0.4, 0.5) is 4.79 Å². The average Bonchev–Trinajstić information content (AvgIpc) is 2.73. The Morgan fingerprint density at radius 3 is 2.33 bits per heavy atom. The SMILES string of the molecule is CC(C)Cn1c(C(NC(=O)O)C(C)(C)C)c(-c2ccccc2)c2cc(CC#N)ccc2c1=O. The van der Waals surface area contributed by atoms with Gasteiger partial charge in [0.1, 0.15) is 0 Å². The number of nitrogens with zero attached hydrogens (tertiary/aromatic N) is 2. The van der Waals surface area contributed by atoms with Crippen molar-refractivity contribution in [2.24, 2.45) is 11.3 Å². The van der Waals surface area contributed by atoms with Crippen molar-refractivity contribution >= 4 is 16.9 Å². The Hall–Kier alpha value is -3.59. The van der Waals surface area contributed by atoms with E-state index < -0.39 is 17.6 Å². The maximum atomic E-state index is 13.8. The van der Waals surface area contributed by atoms with Crippen LogP contribution in [0.5, 0.6) is 0 Å². The van der Waals surface area contributed by atoms with Gasteiger partial charge in [0.25, 0.3) is 5.56 Å². The third-order valence-corrected chi connectivity index (χ3v) is 5.68. The number of rotatable bonds is 6. The summed E-state index contributed by atoms with van der Waals surface area (Å²) in [7, 11) is 0. The largest absolute Gasteiger partial charge is 0.465 e. The second-order valence-electron chi connectivity index (χ2n) is 9.90. The normalized spacial score (nSPS) is 12.5. The molecule has 0 saturated carbocycles. The molecule has 3 rings (SSSR count). The maximum Gasteiger partial charge on any atom is 0.405 e. The van der Waals surface area contributed by atoms with Crippen LogP contribution >= 0.6 is 0 Å². The van der Waals surface area contributed by atoms with Crippen molar-refractivity contribution in [3.63, 3.8) is 0 Å². The van der Waals surface area contributed by atoms with E-state index in [0.717, 1.165) is 22.1 Å². The predicted octanol–water partition coefficient (Wildman–Crippen LogP) is 5.75. The summed E-state index contributed by atoms with van der Waals surface area (Å²) in [6.07, 6.45) is -0.916. The zero-order chi connectivity index (χ0) is 24.3. The zero-order valence-corrected chi connectivity index (χ0v) is 19.8. The minimum atomic E-state index is -1.14. The molecule has 1 aromatic heterocycles. The molecule has 1 atom stereocenters. The highest BCUT2D eigenvalue weighted by Crippen LogP contribution is 2.41. The highest BCUT2D eigenvalue weighted by Gasteiger charge is 2.34. The van der Waals surface area contributed by atoms with Gasteiger partial charge in [0.15, 0.2) is 0 Å². The number of nitriles is 1. The Labute approximate surface area is 194 Å². The monoisotopic (exact) mass is 445 g/mol. The lowest BCUT2D eigenvalue weighted by atomic mass is 9.80. The third-order valence-electron chi connectivity index (χ3n) is 5.68. The van der Waals surface area contributed by atoms with Crippen molar-refractivity contribution in [1.82, 2.24) is 9.88 Å². The summed E-state index contributed by atoms with van der Waals surface area (Å²) in [5, 5.41) is 22.9. The van der Waals surface area contributed by atoms with Gasteiger partial charge in [-0.1, -0.05) is 71.0 Å². The maximum absolute atomic E-state index is 13.8. The van der Waals surface area contributed by atoms with Crippen LogP contribution in [0, 0.1) is 22.7 Å². The summed E-state index contributed by atoms with van der Waals surface area (Å²) in [6, 6.07) is 16.8. The number of fused-ring (bicyclic) bond motifs is 1. The smallest absolute Gasteiger partial charge is 0.405 e. The molecule has 0 aliphatic carbocycles. The molecular formula is C27H31N3O3. The van der Waals surface area contributed by atoms with Crippen molar-refractivity contribution in [2.75, 3.05) is 0 Å².